The molecule has 0 aromatic rings. The third-order valence-corrected chi connectivity index (χ3v) is 3.84. The van der Waals surface area contributed by atoms with Gasteiger partial charge in [-0.2, -0.15) is 0 Å². The van der Waals surface area contributed by atoms with Crippen LogP contribution in [0.15, 0.2) is 0 Å². The van der Waals surface area contributed by atoms with Gasteiger partial charge in [-0.15, -0.1) is 0 Å². The maximum Gasteiger partial charge on any atom is 0.417 e. The quantitative estimate of drug-likeness (QED) is 0.740. The van der Waals surface area contributed by atoms with E-state index in [4.69, 9.17) is 4.74 Å². The molecular formula is C14H23NO4. The second-order valence-corrected chi connectivity index (χ2v) is 6.52. The fraction of sp³-hybridized carbons (Fsp3) is 0.857. The van der Waals surface area contributed by atoms with E-state index in [1.54, 1.807) is 20.8 Å². The van der Waals surface area contributed by atoms with Crippen LogP contribution in [0, 0.1) is 5.92 Å². The molecule has 1 aliphatic heterocycles. The van der Waals surface area contributed by atoms with Crippen molar-refractivity contribution in [3.8, 4) is 0 Å². The number of ether oxygens (including phenoxy) is 1. The van der Waals surface area contributed by atoms with E-state index >= 15 is 0 Å². The molecule has 0 aromatic carbocycles. The Morgan fingerprint density at radius 3 is 2.37 bits per heavy atom. The number of amides is 2. The molecule has 5 heteroatoms. The third-order valence-electron chi connectivity index (χ3n) is 3.84. The minimum absolute atomic E-state index is 0.217. The van der Waals surface area contributed by atoms with E-state index in [0.717, 1.165) is 30.6 Å². The van der Waals surface area contributed by atoms with Gasteiger partial charge in [0.15, 0.2) is 6.10 Å². The van der Waals surface area contributed by atoms with Crippen LogP contribution < -0.4 is 0 Å². The lowest BCUT2D eigenvalue weighted by atomic mass is 9.77. The lowest BCUT2D eigenvalue weighted by Gasteiger charge is -2.47. The molecule has 2 atom stereocenters. The van der Waals surface area contributed by atoms with Crippen LogP contribution in [0.4, 0.5) is 4.79 Å². The van der Waals surface area contributed by atoms with Gasteiger partial charge < -0.3 is 9.84 Å². The smallest absolute Gasteiger partial charge is 0.417 e. The summed E-state index contributed by atoms with van der Waals surface area (Å²) in [6, 6.07) is -0.386. The molecule has 5 nitrogen and oxygen atoms in total. The zero-order chi connectivity index (χ0) is 14.2. The van der Waals surface area contributed by atoms with Crippen molar-refractivity contribution in [3.63, 3.8) is 0 Å². The summed E-state index contributed by atoms with van der Waals surface area (Å²) in [5.74, 6) is -0.307. The third kappa shape index (κ3) is 2.91. The summed E-state index contributed by atoms with van der Waals surface area (Å²) in [6.07, 6.45) is 3.67. The fourth-order valence-corrected chi connectivity index (χ4v) is 2.96. The van der Waals surface area contributed by atoms with Crippen LogP contribution in [0.2, 0.25) is 0 Å². The van der Waals surface area contributed by atoms with E-state index < -0.39 is 23.7 Å². The first kappa shape index (κ1) is 14.3. The average Bonchev–Trinajstić information content (AvgIpc) is 2.33. The number of β-lactam (4-membered cyclic amide) rings is 1. The standard InChI is InChI=1S/C14H23NO4/c1-14(2,3)19-13(18)15-10(11(16)12(15)17)9-7-5-4-6-8-9/h9-11,16H,4-8H2,1-3H3. The number of likely N-dealkylation sites (tertiary alicyclic amines) is 1. The van der Waals surface area contributed by atoms with Gasteiger partial charge in [0.1, 0.15) is 5.60 Å². The average molecular weight is 269 g/mol. The molecule has 1 saturated heterocycles. The van der Waals surface area contributed by atoms with Crippen molar-refractivity contribution in [1.29, 1.82) is 0 Å². The highest BCUT2D eigenvalue weighted by Gasteiger charge is 2.54. The summed E-state index contributed by atoms with van der Waals surface area (Å²) in [4.78, 5) is 24.9. The summed E-state index contributed by atoms with van der Waals surface area (Å²) in [6.45, 7) is 5.30. The van der Waals surface area contributed by atoms with E-state index in [2.05, 4.69) is 0 Å². The predicted molar refractivity (Wildman–Crippen MR) is 69.4 cm³/mol. The van der Waals surface area contributed by atoms with E-state index in [-0.39, 0.29) is 12.0 Å². The first-order valence-corrected chi connectivity index (χ1v) is 7.05. The van der Waals surface area contributed by atoms with E-state index in [1.165, 1.54) is 6.42 Å². The SMILES string of the molecule is CC(C)(C)OC(=O)N1C(=O)C(O)C1C1CCCCC1. The molecule has 0 spiro atoms. The molecule has 0 aromatic heterocycles. The number of carbonyl (C=O) groups excluding carboxylic acids is 2. The van der Waals surface area contributed by atoms with Gasteiger partial charge in [0.2, 0.25) is 0 Å². The number of rotatable bonds is 1. The first-order valence-electron chi connectivity index (χ1n) is 7.05. The van der Waals surface area contributed by atoms with Gasteiger partial charge in [-0.1, -0.05) is 19.3 Å². The Hall–Kier alpha value is -1.10. The second-order valence-electron chi connectivity index (χ2n) is 6.52. The van der Waals surface area contributed by atoms with Gasteiger partial charge >= 0.3 is 6.09 Å². The molecule has 0 bridgehead atoms. The Kier molecular flexibility index (Phi) is 3.85. The number of carbonyl (C=O) groups is 2. The molecule has 1 aliphatic carbocycles. The molecule has 2 aliphatic rings. The molecule has 1 N–H and O–H groups in total. The number of aliphatic hydroxyl groups is 1. The Morgan fingerprint density at radius 2 is 1.84 bits per heavy atom. The van der Waals surface area contributed by atoms with Gasteiger partial charge in [0.05, 0.1) is 6.04 Å². The van der Waals surface area contributed by atoms with Crippen LogP contribution in [0.25, 0.3) is 0 Å². The highest BCUT2D eigenvalue weighted by molar-refractivity contribution is 6.01. The van der Waals surface area contributed by atoms with Crippen LogP contribution in [0.1, 0.15) is 52.9 Å². The molecule has 2 rings (SSSR count). The first-order chi connectivity index (χ1) is 8.81. The van der Waals surface area contributed by atoms with Gasteiger partial charge in [-0.25, -0.2) is 9.69 Å². The van der Waals surface area contributed by atoms with Crippen molar-refractivity contribution < 1.29 is 19.4 Å². The number of imide groups is 1. The Bertz CT molecular complexity index is 368. The van der Waals surface area contributed by atoms with Crippen LogP contribution >= 0.6 is 0 Å². The highest BCUT2D eigenvalue weighted by atomic mass is 16.6. The maximum atomic E-state index is 12.0. The van der Waals surface area contributed by atoms with Crippen LogP contribution in [-0.2, 0) is 9.53 Å². The van der Waals surface area contributed by atoms with E-state index in [9.17, 15) is 14.7 Å². The minimum Gasteiger partial charge on any atom is -0.443 e. The Labute approximate surface area is 113 Å². The summed E-state index contributed by atoms with van der Waals surface area (Å²) in [5.41, 5.74) is -0.630. The zero-order valence-electron chi connectivity index (χ0n) is 11.9. The normalized spacial score (nSPS) is 29.1. The van der Waals surface area contributed by atoms with Crippen molar-refractivity contribution in [2.24, 2.45) is 5.92 Å². The zero-order valence-corrected chi connectivity index (χ0v) is 11.9. The second kappa shape index (κ2) is 5.12. The summed E-state index contributed by atoms with van der Waals surface area (Å²) >= 11 is 0. The number of hydrogen-bond donors (Lipinski definition) is 1. The highest BCUT2D eigenvalue weighted by Crippen LogP contribution is 2.36. The van der Waals surface area contributed by atoms with Gasteiger partial charge in [-0.3, -0.25) is 4.79 Å². The van der Waals surface area contributed by atoms with Gasteiger partial charge in [0.25, 0.3) is 5.91 Å². The molecule has 2 fully saturated rings. The van der Waals surface area contributed by atoms with Crippen LogP contribution in [0.5, 0.6) is 0 Å². The van der Waals surface area contributed by atoms with Crippen molar-refractivity contribution in [2.45, 2.75) is 70.6 Å². The van der Waals surface area contributed by atoms with Crippen molar-refractivity contribution in [2.75, 3.05) is 0 Å². The Balaban J connectivity index is 2.05. The predicted octanol–water partition coefficient (Wildman–Crippen LogP) is 2.07. The summed E-state index contributed by atoms with van der Waals surface area (Å²) in [5, 5.41) is 9.85. The molecule has 1 heterocycles. The van der Waals surface area contributed by atoms with E-state index in [1.807, 2.05) is 0 Å². The number of aliphatic hydroxyl groups excluding tert-OH is 1. The van der Waals surface area contributed by atoms with E-state index in [0.29, 0.717) is 0 Å². The lowest BCUT2D eigenvalue weighted by molar-refractivity contribution is -0.169. The van der Waals surface area contributed by atoms with Crippen molar-refractivity contribution >= 4 is 12.0 Å². The number of hydrogen-bond acceptors (Lipinski definition) is 4. The van der Waals surface area contributed by atoms with Crippen LogP contribution in [-0.4, -0.2) is 39.8 Å². The molecule has 0 radical (unpaired) electrons. The molecular weight excluding hydrogens is 246 g/mol. The monoisotopic (exact) mass is 269 g/mol. The molecule has 19 heavy (non-hydrogen) atoms. The minimum atomic E-state index is -1.03. The van der Waals surface area contributed by atoms with Gasteiger partial charge in [-0.05, 0) is 39.5 Å². The largest absolute Gasteiger partial charge is 0.443 e. The number of nitrogens with zero attached hydrogens (tertiary/aromatic N) is 1. The summed E-state index contributed by atoms with van der Waals surface area (Å²) in [7, 11) is 0. The lowest BCUT2D eigenvalue weighted by Crippen LogP contribution is -2.69. The topological polar surface area (TPSA) is 66.8 Å². The molecule has 108 valence electrons. The Morgan fingerprint density at radius 1 is 1.26 bits per heavy atom. The molecule has 2 amide bonds. The van der Waals surface area contributed by atoms with Crippen LogP contribution in [0.3, 0.4) is 0 Å². The molecule has 1 saturated carbocycles. The van der Waals surface area contributed by atoms with Crippen molar-refractivity contribution in [3.05, 3.63) is 0 Å². The van der Waals surface area contributed by atoms with Crippen molar-refractivity contribution in [1.82, 2.24) is 4.90 Å². The maximum absolute atomic E-state index is 12.0. The summed E-state index contributed by atoms with van der Waals surface area (Å²) < 4.78 is 5.24. The fourth-order valence-electron chi connectivity index (χ4n) is 2.96. The van der Waals surface area contributed by atoms with Gasteiger partial charge in [0, 0.05) is 0 Å². The molecule has 2 unspecified atom stereocenters.